The predicted octanol–water partition coefficient (Wildman–Crippen LogP) is 2.27. The highest BCUT2D eigenvalue weighted by atomic mass is 19.3. The van der Waals surface area contributed by atoms with Crippen LogP contribution in [0.5, 0.6) is 0 Å². The molecule has 13 heavy (non-hydrogen) atoms. The van der Waals surface area contributed by atoms with Gasteiger partial charge < -0.3 is 4.98 Å². The SMILES string of the molecule is FC(F)n1cc(-c2cc[nH]c2)cn1. The molecule has 2 aromatic heterocycles. The summed E-state index contributed by atoms with van der Waals surface area (Å²) in [5.74, 6) is 0. The van der Waals surface area contributed by atoms with Crippen LogP contribution in [0.4, 0.5) is 8.78 Å². The highest BCUT2D eigenvalue weighted by Gasteiger charge is 2.08. The molecule has 0 atom stereocenters. The summed E-state index contributed by atoms with van der Waals surface area (Å²) in [6.07, 6.45) is 6.19. The van der Waals surface area contributed by atoms with Crippen molar-refractivity contribution in [3.63, 3.8) is 0 Å². The standard InChI is InChI=1S/C8H7F2N3/c9-8(10)13-5-7(4-12-13)6-1-2-11-3-6/h1-5,8,11H. The van der Waals surface area contributed by atoms with Crippen molar-refractivity contribution >= 4 is 0 Å². The van der Waals surface area contributed by atoms with Crippen molar-refractivity contribution < 1.29 is 8.78 Å². The van der Waals surface area contributed by atoms with Crippen molar-refractivity contribution in [3.05, 3.63) is 30.9 Å². The second-order valence-corrected chi connectivity index (χ2v) is 2.59. The molecule has 5 heteroatoms. The van der Waals surface area contributed by atoms with E-state index in [4.69, 9.17) is 0 Å². The third kappa shape index (κ3) is 1.44. The van der Waals surface area contributed by atoms with Crippen LogP contribution in [0, 0.1) is 0 Å². The quantitative estimate of drug-likeness (QED) is 0.761. The van der Waals surface area contributed by atoms with Gasteiger partial charge in [0.15, 0.2) is 0 Å². The molecule has 0 bridgehead atoms. The first kappa shape index (κ1) is 7.97. The summed E-state index contributed by atoms with van der Waals surface area (Å²) in [5.41, 5.74) is 1.54. The molecule has 0 saturated heterocycles. The molecule has 0 aliphatic heterocycles. The van der Waals surface area contributed by atoms with Crippen LogP contribution in [0.3, 0.4) is 0 Å². The number of nitrogens with one attached hydrogen (secondary N) is 1. The fourth-order valence-corrected chi connectivity index (χ4v) is 1.10. The molecule has 0 fully saturated rings. The molecule has 1 N–H and O–H groups in total. The smallest absolute Gasteiger partial charge is 0.333 e. The minimum atomic E-state index is -2.58. The fourth-order valence-electron chi connectivity index (χ4n) is 1.10. The van der Waals surface area contributed by atoms with Gasteiger partial charge in [0.25, 0.3) is 0 Å². The van der Waals surface area contributed by atoms with E-state index in [2.05, 4.69) is 10.1 Å². The van der Waals surface area contributed by atoms with Gasteiger partial charge in [-0.1, -0.05) is 0 Å². The molecule has 0 amide bonds. The lowest BCUT2D eigenvalue weighted by molar-refractivity contribution is 0.0566. The van der Waals surface area contributed by atoms with Gasteiger partial charge in [-0.05, 0) is 6.07 Å². The number of hydrogen-bond donors (Lipinski definition) is 1. The number of nitrogens with zero attached hydrogens (tertiary/aromatic N) is 2. The Morgan fingerprint density at radius 3 is 2.77 bits per heavy atom. The molecule has 0 saturated carbocycles. The van der Waals surface area contributed by atoms with Gasteiger partial charge in [0, 0.05) is 29.7 Å². The molecule has 3 nitrogen and oxygen atoms in total. The largest absolute Gasteiger partial charge is 0.367 e. The first-order chi connectivity index (χ1) is 6.27. The van der Waals surface area contributed by atoms with Crippen LogP contribution in [-0.4, -0.2) is 14.8 Å². The van der Waals surface area contributed by atoms with Crippen LogP contribution in [0.15, 0.2) is 30.9 Å². The maximum absolute atomic E-state index is 12.1. The number of alkyl halides is 2. The fraction of sp³-hybridized carbons (Fsp3) is 0.125. The third-order valence-corrected chi connectivity index (χ3v) is 1.73. The molecule has 2 rings (SSSR count). The minimum absolute atomic E-state index is 0.627. The Hall–Kier alpha value is -1.65. The average Bonchev–Trinajstić information content (AvgIpc) is 2.75. The summed E-state index contributed by atoms with van der Waals surface area (Å²) in [4.78, 5) is 2.84. The maximum atomic E-state index is 12.1. The van der Waals surface area contributed by atoms with Gasteiger partial charge in [0.05, 0.1) is 6.20 Å². The Morgan fingerprint density at radius 2 is 2.23 bits per heavy atom. The number of hydrogen-bond acceptors (Lipinski definition) is 1. The maximum Gasteiger partial charge on any atom is 0.333 e. The first-order valence-electron chi connectivity index (χ1n) is 3.73. The molecular formula is C8H7F2N3. The van der Waals surface area contributed by atoms with Crippen molar-refractivity contribution in [2.45, 2.75) is 6.55 Å². The van der Waals surface area contributed by atoms with Crippen molar-refractivity contribution in [1.82, 2.24) is 14.8 Å². The molecule has 0 radical (unpaired) electrons. The van der Waals surface area contributed by atoms with Crippen LogP contribution in [-0.2, 0) is 0 Å². The van der Waals surface area contributed by atoms with Crippen molar-refractivity contribution in [2.24, 2.45) is 0 Å². The van der Waals surface area contributed by atoms with Crippen LogP contribution in [0.1, 0.15) is 6.55 Å². The lowest BCUT2D eigenvalue weighted by Gasteiger charge is -1.95. The lowest BCUT2D eigenvalue weighted by Crippen LogP contribution is -1.96. The van der Waals surface area contributed by atoms with Gasteiger partial charge in [-0.2, -0.15) is 13.9 Å². The Kier molecular flexibility index (Phi) is 1.84. The van der Waals surface area contributed by atoms with E-state index in [1.165, 1.54) is 12.4 Å². The number of halogens is 2. The van der Waals surface area contributed by atoms with Crippen molar-refractivity contribution in [1.29, 1.82) is 0 Å². The van der Waals surface area contributed by atoms with Gasteiger partial charge in [-0.25, -0.2) is 4.68 Å². The summed E-state index contributed by atoms with van der Waals surface area (Å²) in [6, 6.07) is 1.80. The second-order valence-electron chi connectivity index (χ2n) is 2.59. The van der Waals surface area contributed by atoms with Gasteiger partial charge in [-0.15, -0.1) is 0 Å². The van der Waals surface area contributed by atoms with E-state index in [-0.39, 0.29) is 0 Å². The van der Waals surface area contributed by atoms with E-state index in [9.17, 15) is 8.78 Å². The zero-order chi connectivity index (χ0) is 9.26. The monoisotopic (exact) mass is 183 g/mol. The summed E-state index contributed by atoms with van der Waals surface area (Å²) in [7, 11) is 0. The zero-order valence-electron chi connectivity index (χ0n) is 6.61. The Labute approximate surface area is 73.0 Å². The van der Waals surface area contributed by atoms with E-state index in [0.717, 1.165) is 5.56 Å². The molecule has 2 aromatic rings. The number of aromatic amines is 1. The summed E-state index contributed by atoms with van der Waals surface area (Å²) >= 11 is 0. The summed E-state index contributed by atoms with van der Waals surface area (Å²) in [5, 5.41) is 3.52. The summed E-state index contributed by atoms with van der Waals surface area (Å²) < 4.78 is 24.9. The van der Waals surface area contributed by atoms with Crippen LogP contribution in [0.25, 0.3) is 11.1 Å². The molecular weight excluding hydrogens is 176 g/mol. The van der Waals surface area contributed by atoms with Crippen LogP contribution in [0.2, 0.25) is 0 Å². The van der Waals surface area contributed by atoms with Crippen molar-refractivity contribution in [2.75, 3.05) is 0 Å². The topological polar surface area (TPSA) is 33.6 Å². The molecule has 0 spiro atoms. The Balaban J connectivity index is 2.33. The third-order valence-electron chi connectivity index (χ3n) is 1.73. The summed E-state index contributed by atoms with van der Waals surface area (Å²) in [6.45, 7) is -2.58. The van der Waals surface area contributed by atoms with Gasteiger partial charge in [0.1, 0.15) is 0 Å². The van der Waals surface area contributed by atoms with Crippen molar-refractivity contribution in [3.8, 4) is 11.1 Å². The Bertz CT molecular complexity index is 378. The zero-order valence-corrected chi connectivity index (χ0v) is 6.61. The normalized spacial score (nSPS) is 11.0. The highest BCUT2D eigenvalue weighted by Crippen LogP contribution is 2.19. The predicted molar refractivity (Wildman–Crippen MR) is 43.3 cm³/mol. The lowest BCUT2D eigenvalue weighted by atomic mass is 10.2. The molecule has 0 aliphatic rings. The first-order valence-corrected chi connectivity index (χ1v) is 3.73. The average molecular weight is 183 g/mol. The van der Waals surface area contributed by atoms with E-state index >= 15 is 0 Å². The van der Waals surface area contributed by atoms with Gasteiger partial charge >= 0.3 is 6.55 Å². The molecule has 2 heterocycles. The van der Waals surface area contributed by atoms with Gasteiger partial charge in [0.2, 0.25) is 0 Å². The number of H-pyrrole nitrogens is 1. The Morgan fingerprint density at radius 1 is 1.38 bits per heavy atom. The number of aromatic nitrogens is 3. The minimum Gasteiger partial charge on any atom is -0.367 e. The second kappa shape index (κ2) is 3.01. The van der Waals surface area contributed by atoms with E-state index in [0.29, 0.717) is 10.2 Å². The van der Waals surface area contributed by atoms with Crippen LogP contribution >= 0.6 is 0 Å². The number of rotatable bonds is 2. The van der Waals surface area contributed by atoms with Crippen LogP contribution < -0.4 is 0 Å². The molecule has 0 aliphatic carbocycles. The molecule has 68 valence electrons. The van der Waals surface area contributed by atoms with E-state index < -0.39 is 6.55 Å². The molecule has 0 unspecified atom stereocenters. The van der Waals surface area contributed by atoms with E-state index in [1.807, 2.05) is 0 Å². The van der Waals surface area contributed by atoms with Gasteiger partial charge in [-0.3, -0.25) is 0 Å². The van der Waals surface area contributed by atoms with E-state index in [1.54, 1.807) is 18.5 Å². The highest BCUT2D eigenvalue weighted by molar-refractivity contribution is 5.60. The molecule has 0 aromatic carbocycles.